The first-order valence-corrected chi connectivity index (χ1v) is 13.0. The fourth-order valence-electron chi connectivity index (χ4n) is 5.59. The highest BCUT2D eigenvalue weighted by molar-refractivity contribution is 6.33. The number of ketones is 1. The van der Waals surface area contributed by atoms with Gasteiger partial charge in [-0.3, -0.25) is 19.0 Å². The molecule has 5 rings (SSSR count). The number of carbonyl (C=O) groups excluding carboxylic acids is 2. The maximum absolute atomic E-state index is 13.9. The monoisotopic (exact) mass is 558 g/mol. The van der Waals surface area contributed by atoms with E-state index in [4.69, 9.17) is 23.3 Å². The lowest BCUT2D eigenvalue weighted by Gasteiger charge is -2.34. The molecule has 0 radical (unpaired) electrons. The van der Waals surface area contributed by atoms with Crippen molar-refractivity contribution >= 4 is 29.0 Å². The van der Waals surface area contributed by atoms with E-state index >= 15 is 0 Å². The Morgan fingerprint density at radius 3 is 2.67 bits per heavy atom. The van der Waals surface area contributed by atoms with Crippen LogP contribution in [0.3, 0.4) is 0 Å². The number of amides is 1. The summed E-state index contributed by atoms with van der Waals surface area (Å²) in [5, 5.41) is 9.11. The number of benzene rings is 1. The Kier molecular flexibility index (Phi) is 6.79. The van der Waals surface area contributed by atoms with Crippen molar-refractivity contribution in [3.8, 4) is 0 Å². The highest BCUT2D eigenvalue weighted by Gasteiger charge is 2.42. The molecule has 8 nitrogen and oxygen atoms in total. The van der Waals surface area contributed by atoms with Crippen LogP contribution in [0.4, 0.5) is 18.9 Å². The fourth-order valence-corrected chi connectivity index (χ4v) is 5.75. The van der Waals surface area contributed by atoms with Gasteiger partial charge in [-0.1, -0.05) is 30.7 Å². The molecule has 0 spiro atoms. The molecule has 0 aliphatic carbocycles. The van der Waals surface area contributed by atoms with E-state index in [2.05, 4.69) is 9.94 Å². The zero-order valence-corrected chi connectivity index (χ0v) is 22.3. The van der Waals surface area contributed by atoms with Crippen molar-refractivity contribution in [3.63, 3.8) is 0 Å². The fraction of sp³-hybridized carbons (Fsp3) is 0.444. The average molecular weight is 559 g/mol. The largest absolute Gasteiger partial charge is 0.408 e. The molecular formula is C27H26ClF3N6O2. The third kappa shape index (κ3) is 4.93. The van der Waals surface area contributed by atoms with Gasteiger partial charge in [0.15, 0.2) is 5.78 Å². The van der Waals surface area contributed by atoms with Gasteiger partial charge in [0, 0.05) is 46.6 Å². The molecule has 2 aliphatic rings. The zero-order chi connectivity index (χ0) is 28.2. The van der Waals surface area contributed by atoms with Crippen LogP contribution in [0.1, 0.15) is 76.9 Å². The van der Waals surface area contributed by atoms with Crippen molar-refractivity contribution in [1.82, 2.24) is 24.5 Å². The second-order valence-electron chi connectivity index (χ2n) is 10.4. The molecule has 0 bridgehead atoms. The van der Waals surface area contributed by atoms with Crippen LogP contribution in [0.15, 0.2) is 30.5 Å². The highest BCUT2D eigenvalue weighted by atomic mass is 35.5. The van der Waals surface area contributed by atoms with E-state index in [1.54, 1.807) is 22.6 Å². The van der Waals surface area contributed by atoms with Crippen molar-refractivity contribution < 1.29 is 22.8 Å². The maximum atomic E-state index is 13.9. The summed E-state index contributed by atoms with van der Waals surface area (Å²) >= 11 is 6.05. The zero-order valence-electron chi connectivity index (χ0n) is 21.5. The van der Waals surface area contributed by atoms with Crippen LogP contribution in [-0.4, -0.2) is 48.4 Å². The van der Waals surface area contributed by atoms with Gasteiger partial charge in [0.1, 0.15) is 12.2 Å². The number of halogens is 4. The van der Waals surface area contributed by atoms with Crippen molar-refractivity contribution in [3.05, 3.63) is 75.1 Å². The van der Waals surface area contributed by atoms with Crippen LogP contribution in [0.5, 0.6) is 0 Å². The van der Waals surface area contributed by atoms with E-state index in [0.29, 0.717) is 35.4 Å². The Hall–Kier alpha value is -3.65. The quantitative estimate of drug-likeness (QED) is 0.368. The Morgan fingerprint density at radius 2 is 1.97 bits per heavy atom. The lowest BCUT2D eigenvalue weighted by atomic mass is 9.79. The first-order valence-electron chi connectivity index (χ1n) is 12.6. The van der Waals surface area contributed by atoms with Gasteiger partial charge in [0.2, 0.25) is 5.69 Å². The molecule has 0 saturated carbocycles. The molecule has 0 saturated heterocycles. The molecular weight excluding hydrogens is 533 g/mol. The van der Waals surface area contributed by atoms with Crippen LogP contribution < -0.4 is 0 Å². The summed E-state index contributed by atoms with van der Waals surface area (Å²) < 4.78 is 41.0. The standard InChI is InChI=1S/C27H26ClF3N6O2/c1-14-10-22-19(12-36(14)26(39)17-5-6-20(28)23(11-17)32-4)24-25(38)18(9-15(2)37(24)34-22)16(3)21-7-8-35(33-21)13-27(29,30)31/h5-8,11,14-16,18H,9-10,12-13H2,1-3H3/t14-,15-,16?,18?/m1/s1. The van der Waals surface area contributed by atoms with E-state index in [1.165, 1.54) is 24.4 Å². The molecule has 3 aromatic rings. The molecule has 4 atom stereocenters. The third-order valence-corrected chi connectivity index (χ3v) is 7.99. The number of alkyl halides is 3. The molecule has 0 fully saturated rings. The second kappa shape index (κ2) is 9.83. The van der Waals surface area contributed by atoms with Crippen molar-refractivity contribution in [2.45, 2.75) is 70.9 Å². The van der Waals surface area contributed by atoms with Gasteiger partial charge in [0.25, 0.3) is 5.91 Å². The SMILES string of the molecule is [C-]#[N+]c1cc(C(=O)N2Cc3c(nn4c3C(=O)C(C(C)c3ccn(CC(F)(F)F)n3)C[C@H]4C)C[C@H]2C)ccc1Cl. The summed E-state index contributed by atoms with van der Waals surface area (Å²) in [6.07, 6.45) is -2.17. The molecule has 204 valence electrons. The van der Waals surface area contributed by atoms with Crippen LogP contribution in [0, 0.1) is 12.5 Å². The van der Waals surface area contributed by atoms with Crippen molar-refractivity contribution in [2.24, 2.45) is 5.92 Å². The van der Waals surface area contributed by atoms with Gasteiger partial charge in [-0.2, -0.15) is 23.4 Å². The number of carbonyl (C=O) groups is 2. The van der Waals surface area contributed by atoms with Gasteiger partial charge >= 0.3 is 6.18 Å². The summed E-state index contributed by atoms with van der Waals surface area (Å²) in [6, 6.07) is 5.80. The first kappa shape index (κ1) is 26.9. The predicted octanol–water partition coefficient (Wildman–Crippen LogP) is 6.00. The molecule has 12 heteroatoms. The number of rotatable bonds is 4. The van der Waals surface area contributed by atoms with Gasteiger partial charge in [-0.05, 0) is 32.4 Å². The Balaban J connectivity index is 1.44. The van der Waals surface area contributed by atoms with E-state index < -0.39 is 24.6 Å². The van der Waals surface area contributed by atoms with E-state index in [1.807, 2.05) is 13.8 Å². The van der Waals surface area contributed by atoms with E-state index in [9.17, 15) is 22.8 Å². The minimum absolute atomic E-state index is 0.120. The first-order chi connectivity index (χ1) is 18.4. The number of nitrogens with zero attached hydrogens (tertiary/aromatic N) is 6. The summed E-state index contributed by atoms with van der Waals surface area (Å²) in [5.41, 5.74) is 2.85. The topological polar surface area (TPSA) is 77.4 Å². The summed E-state index contributed by atoms with van der Waals surface area (Å²) in [7, 11) is 0. The molecule has 0 N–H and O–H groups in total. The van der Waals surface area contributed by atoms with Gasteiger partial charge in [-0.15, -0.1) is 0 Å². The average Bonchev–Trinajstić information content (AvgIpc) is 3.48. The Labute approximate surface area is 228 Å². The Bertz CT molecular complexity index is 1500. The smallest absolute Gasteiger partial charge is 0.331 e. The lowest BCUT2D eigenvalue weighted by Crippen LogP contribution is -2.43. The Morgan fingerprint density at radius 1 is 1.23 bits per heavy atom. The van der Waals surface area contributed by atoms with Crippen LogP contribution in [0.25, 0.3) is 4.85 Å². The van der Waals surface area contributed by atoms with Crippen molar-refractivity contribution in [2.75, 3.05) is 0 Å². The van der Waals surface area contributed by atoms with Gasteiger partial charge in [0.05, 0.1) is 30.5 Å². The number of aromatic nitrogens is 4. The normalized spacial score (nSPS) is 21.7. The van der Waals surface area contributed by atoms with Crippen molar-refractivity contribution in [1.29, 1.82) is 0 Å². The van der Waals surface area contributed by atoms with Crippen LogP contribution in [0.2, 0.25) is 5.02 Å². The molecule has 2 aromatic heterocycles. The van der Waals surface area contributed by atoms with Crippen LogP contribution in [-0.2, 0) is 19.5 Å². The van der Waals surface area contributed by atoms with Crippen LogP contribution >= 0.6 is 11.6 Å². The second-order valence-corrected chi connectivity index (χ2v) is 10.8. The molecule has 1 aromatic carbocycles. The molecule has 4 heterocycles. The predicted molar refractivity (Wildman–Crippen MR) is 137 cm³/mol. The maximum Gasteiger partial charge on any atom is 0.408 e. The molecule has 1 amide bonds. The summed E-state index contributed by atoms with van der Waals surface area (Å²) in [4.78, 5) is 32.4. The molecule has 2 unspecified atom stereocenters. The summed E-state index contributed by atoms with van der Waals surface area (Å²) in [5.74, 6) is -1.33. The van der Waals surface area contributed by atoms with Gasteiger partial charge < -0.3 is 4.90 Å². The lowest BCUT2D eigenvalue weighted by molar-refractivity contribution is -0.142. The highest BCUT2D eigenvalue weighted by Crippen LogP contribution is 2.41. The molecule has 39 heavy (non-hydrogen) atoms. The number of Topliss-reactive ketones (excluding diaryl/α,β-unsaturated/α-hetero) is 1. The van der Waals surface area contributed by atoms with E-state index in [0.717, 1.165) is 10.4 Å². The van der Waals surface area contributed by atoms with Gasteiger partial charge in [-0.25, -0.2) is 4.85 Å². The number of hydrogen-bond acceptors (Lipinski definition) is 4. The number of fused-ring (bicyclic) bond motifs is 3. The molecule has 2 aliphatic heterocycles. The minimum Gasteiger partial charge on any atom is -0.331 e. The third-order valence-electron chi connectivity index (χ3n) is 7.67. The van der Waals surface area contributed by atoms with E-state index in [-0.39, 0.29) is 41.0 Å². The minimum atomic E-state index is -4.39. The summed E-state index contributed by atoms with van der Waals surface area (Å²) in [6.45, 7) is 12.0. The number of hydrogen-bond donors (Lipinski definition) is 0.